The van der Waals surface area contributed by atoms with Crippen molar-refractivity contribution in [2.75, 3.05) is 11.9 Å². The quantitative estimate of drug-likeness (QED) is 0.574. The molecule has 0 saturated heterocycles. The van der Waals surface area contributed by atoms with Gasteiger partial charge in [0.15, 0.2) is 0 Å². The van der Waals surface area contributed by atoms with Crippen LogP contribution in [0.5, 0.6) is 0 Å². The Bertz CT molecular complexity index is 417. The van der Waals surface area contributed by atoms with Gasteiger partial charge in [0.1, 0.15) is 6.54 Å². The minimum atomic E-state index is -0.971. The molecule has 1 amide bonds. The maximum Gasteiger partial charge on any atom is 0.325 e. The summed E-state index contributed by atoms with van der Waals surface area (Å²) in [6.07, 6.45) is 7.24. The van der Waals surface area contributed by atoms with Gasteiger partial charge in [0, 0.05) is 12.6 Å². The first kappa shape index (κ1) is 15.2. The van der Waals surface area contributed by atoms with Gasteiger partial charge in [0.05, 0.1) is 11.9 Å². The number of carboxylic acids is 1. The van der Waals surface area contributed by atoms with E-state index in [-0.39, 0.29) is 12.5 Å². The molecule has 0 radical (unpaired) electrons. The van der Waals surface area contributed by atoms with Gasteiger partial charge in [-0.05, 0) is 19.4 Å². The number of hydrogen-bond donors (Lipinski definition) is 3. The lowest BCUT2D eigenvalue weighted by Gasteiger charge is -2.02. The third-order valence-electron chi connectivity index (χ3n) is 2.57. The number of carbonyl (C=O) groups excluding carboxylic acids is 1. The van der Waals surface area contributed by atoms with Crippen molar-refractivity contribution in [1.29, 1.82) is 0 Å². The maximum atomic E-state index is 11.6. The largest absolute Gasteiger partial charge is 0.480 e. The van der Waals surface area contributed by atoms with Gasteiger partial charge in [-0.25, -0.2) is 0 Å². The first-order valence-electron chi connectivity index (χ1n) is 6.36. The number of rotatable bonds is 9. The molecule has 0 aliphatic carbocycles. The van der Waals surface area contributed by atoms with Crippen LogP contribution in [-0.4, -0.2) is 33.3 Å². The van der Waals surface area contributed by atoms with Gasteiger partial charge in [-0.3, -0.25) is 14.3 Å². The van der Waals surface area contributed by atoms with Gasteiger partial charge >= 0.3 is 5.97 Å². The highest BCUT2D eigenvalue weighted by Gasteiger charge is 2.06. The van der Waals surface area contributed by atoms with Crippen molar-refractivity contribution < 1.29 is 14.7 Å². The Morgan fingerprint density at radius 1 is 1.32 bits per heavy atom. The van der Waals surface area contributed by atoms with Crippen LogP contribution >= 0.6 is 0 Å². The molecule has 7 heteroatoms. The van der Waals surface area contributed by atoms with E-state index in [0.29, 0.717) is 18.7 Å². The Hall–Kier alpha value is -1.89. The van der Waals surface area contributed by atoms with Crippen LogP contribution < -0.4 is 11.1 Å². The highest BCUT2D eigenvalue weighted by molar-refractivity contribution is 5.90. The highest BCUT2D eigenvalue weighted by Crippen LogP contribution is 2.08. The van der Waals surface area contributed by atoms with Crippen molar-refractivity contribution in [3.05, 3.63) is 12.4 Å². The molecule has 1 aromatic rings. The Morgan fingerprint density at radius 3 is 2.74 bits per heavy atom. The molecular formula is C12H20N4O3. The van der Waals surface area contributed by atoms with E-state index in [1.165, 1.54) is 17.1 Å². The van der Waals surface area contributed by atoms with E-state index in [1.54, 1.807) is 0 Å². The SMILES string of the molecule is NCCCCCCC(=O)Nc1cnn(CC(=O)O)c1. The first-order valence-corrected chi connectivity index (χ1v) is 6.36. The Morgan fingerprint density at radius 2 is 2.05 bits per heavy atom. The molecule has 0 fully saturated rings. The normalized spacial score (nSPS) is 10.4. The lowest BCUT2D eigenvalue weighted by molar-refractivity contribution is -0.137. The number of carbonyl (C=O) groups is 2. The molecule has 7 nitrogen and oxygen atoms in total. The zero-order chi connectivity index (χ0) is 14.1. The highest BCUT2D eigenvalue weighted by atomic mass is 16.4. The number of amides is 1. The van der Waals surface area contributed by atoms with Crippen LogP contribution in [-0.2, 0) is 16.1 Å². The van der Waals surface area contributed by atoms with Crippen molar-refractivity contribution in [2.45, 2.75) is 38.6 Å². The molecule has 0 aliphatic rings. The second-order valence-electron chi connectivity index (χ2n) is 4.32. The summed E-state index contributed by atoms with van der Waals surface area (Å²) < 4.78 is 1.26. The molecular weight excluding hydrogens is 248 g/mol. The van der Waals surface area contributed by atoms with E-state index in [0.717, 1.165) is 25.7 Å². The summed E-state index contributed by atoms with van der Waals surface area (Å²) in [6, 6.07) is 0. The molecule has 19 heavy (non-hydrogen) atoms. The smallest absolute Gasteiger partial charge is 0.325 e. The van der Waals surface area contributed by atoms with E-state index >= 15 is 0 Å². The zero-order valence-corrected chi connectivity index (χ0v) is 10.8. The van der Waals surface area contributed by atoms with E-state index in [4.69, 9.17) is 10.8 Å². The average molecular weight is 268 g/mol. The molecule has 1 heterocycles. The third-order valence-corrected chi connectivity index (χ3v) is 2.57. The van der Waals surface area contributed by atoms with Gasteiger partial charge in [-0.2, -0.15) is 5.10 Å². The number of aromatic nitrogens is 2. The second-order valence-corrected chi connectivity index (χ2v) is 4.32. The summed E-state index contributed by atoms with van der Waals surface area (Å²) in [4.78, 5) is 22.1. The van der Waals surface area contributed by atoms with Gasteiger partial charge in [0.25, 0.3) is 0 Å². The molecule has 1 aromatic heterocycles. The van der Waals surface area contributed by atoms with E-state index < -0.39 is 5.97 Å². The lowest BCUT2D eigenvalue weighted by Crippen LogP contribution is -2.11. The summed E-state index contributed by atoms with van der Waals surface area (Å²) in [7, 11) is 0. The van der Waals surface area contributed by atoms with Gasteiger partial charge in [-0.1, -0.05) is 12.8 Å². The van der Waals surface area contributed by atoms with Crippen molar-refractivity contribution in [3.63, 3.8) is 0 Å². The number of aliphatic carboxylic acids is 1. The molecule has 0 aromatic carbocycles. The van der Waals surface area contributed by atoms with Crippen LogP contribution in [0.3, 0.4) is 0 Å². The second kappa shape index (κ2) is 8.25. The fourth-order valence-corrected chi connectivity index (χ4v) is 1.66. The maximum absolute atomic E-state index is 11.6. The number of nitrogens with one attached hydrogen (secondary N) is 1. The number of nitrogens with two attached hydrogens (primary N) is 1. The van der Waals surface area contributed by atoms with Crippen molar-refractivity contribution in [1.82, 2.24) is 9.78 Å². The van der Waals surface area contributed by atoms with Crippen LogP contribution in [0.1, 0.15) is 32.1 Å². The minimum absolute atomic E-state index is 0.0809. The third kappa shape index (κ3) is 6.56. The van der Waals surface area contributed by atoms with Crippen LogP contribution in [0, 0.1) is 0 Å². The van der Waals surface area contributed by atoms with Crippen LogP contribution in [0.2, 0.25) is 0 Å². The molecule has 0 atom stereocenters. The Balaban J connectivity index is 2.24. The Labute approximate surface area is 111 Å². The van der Waals surface area contributed by atoms with Crippen molar-refractivity contribution >= 4 is 17.6 Å². The monoisotopic (exact) mass is 268 g/mol. The number of nitrogens with zero attached hydrogens (tertiary/aromatic N) is 2. The molecule has 0 saturated carbocycles. The van der Waals surface area contributed by atoms with Crippen molar-refractivity contribution in [3.8, 4) is 0 Å². The van der Waals surface area contributed by atoms with E-state index in [9.17, 15) is 9.59 Å². The zero-order valence-electron chi connectivity index (χ0n) is 10.8. The summed E-state index contributed by atoms with van der Waals surface area (Å²) in [5, 5.41) is 15.1. The van der Waals surface area contributed by atoms with Gasteiger partial charge < -0.3 is 16.2 Å². The van der Waals surface area contributed by atoms with Crippen LogP contribution in [0.25, 0.3) is 0 Å². The fraction of sp³-hybridized carbons (Fsp3) is 0.583. The van der Waals surface area contributed by atoms with Crippen LogP contribution in [0.4, 0.5) is 5.69 Å². The number of hydrogen-bond acceptors (Lipinski definition) is 4. The Kier molecular flexibility index (Phi) is 6.59. The van der Waals surface area contributed by atoms with Gasteiger partial charge in [-0.15, -0.1) is 0 Å². The molecule has 4 N–H and O–H groups in total. The summed E-state index contributed by atoms with van der Waals surface area (Å²) in [5.41, 5.74) is 5.90. The van der Waals surface area contributed by atoms with E-state index in [1.807, 2.05) is 0 Å². The molecule has 0 unspecified atom stereocenters. The summed E-state index contributed by atoms with van der Waals surface area (Å²) in [6.45, 7) is 0.476. The standard InChI is InChI=1S/C12H20N4O3/c13-6-4-2-1-3-5-11(17)15-10-7-14-16(8-10)9-12(18)19/h7-8H,1-6,9,13H2,(H,15,17)(H,18,19). The molecule has 0 spiro atoms. The summed E-state index contributed by atoms with van der Waals surface area (Å²) in [5.74, 6) is -1.05. The topological polar surface area (TPSA) is 110 Å². The average Bonchev–Trinajstić information content (AvgIpc) is 2.75. The first-order chi connectivity index (χ1) is 9.11. The predicted octanol–water partition coefficient (Wildman–Crippen LogP) is 0.815. The number of anilines is 1. The van der Waals surface area contributed by atoms with E-state index in [2.05, 4.69) is 10.4 Å². The lowest BCUT2D eigenvalue weighted by atomic mass is 10.1. The molecule has 1 rings (SSSR count). The predicted molar refractivity (Wildman–Crippen MR) is 70.6 cm³/mol. The van der Waals surface area contributed by atoms with Crippen LogP contribution in [0.15, 0.2) is 12.4 Å². The van der Waals surface area contributed by atoms with Crippen molar-refractivity contribution in [2.24, 2.45) is 5.73 Å². The number of unbranched alkanes of at least 4 members (excludes halogenated alkanes) is 3. The number of carboxylic acid groups (broad SMARTS) is 1. The molecule has 0 bridgehead atoms. The fourth-order valence-electron chi connectivity index (χ4n) is 1.66. The van der Waals surface area contributed by atoms with Gasteiger partial charge in [0.2, 0.25) is 5.91 Å². The molecule has 106 valence electrons. The molecule has 0 aliphatic heterocycles. The summed E-state index contributed by atoms with van der Waals surface area (Å²) >= 11 is 0. The minimum Gasteiger partial charge on any atom is -0.480 e.